The number of methoxy groups -OCH3 is 1. The van der Waals surface area contributed by atoms with Crippen LogP contribution >= 0.6 is 0 Å². The first-order valence-electron chi connectivity index (χ1n) is 7.28. The highest BCUT2D eigenvalue weighted by atomic mass is 16.5. The average molecular weight is 277 g/mol. The number of hydrogen-bond donors (Lipinski definition) is 0. The van der Waals surface area contributed by atoms with Crippen LogP contribution in [0.1, 0.15) is 37.8 Å². The third kappa shape index (κ3) is 3.73. The van der Waals surface area contributed by atoms with Gasteiger partial charge in [0, 0.05) is 6.04 Å². The summed E-state index contributed by atoms with van der Waals surface area (Å²) in [6.45, 7) is 4.36. The zero-order valence-corrected chi connectivity index (χ0v) is 12.3. The Morgan fingerprint density at radius 3 is 2.75 bits per heavy atom. The van der Waals surface area contributed by atoms with Crippen LogP contribution in [0.2, 0.25) is 0 Å². The van der Waals surface area contributed by atoms with Crippen molar-refractivity contribution in [1.29, 1.82) is 0 Å². The standard InChI is InChI=1S/C16H23NO3/c1-3-20-16(18)12-15(17-9-4-5-10-17)13-7-6-8-14(11-13)19-2/h6-8,11,15H,3-5,9-10,12H2,1-2H3. The number of likely N-dealkylation sites (tertiary alicyclic amines) is 1. The van der Waals surface area contributed by atoms with Gasteiger partial charge in [0.1, 0.15) is 5.75 Å². The van der Waals surface area contributed by atoms with Gasteiger partial charge in [0.2, 0.25) is 0 Å². The van der Waals surface area contributed by atoms with Gasteiger partial charge >= 0.3 is 5.97 Å². The second-order valence-corrected chi connectivity index (χ2v) is 5.04. The summed E-state index contributed by atoms with van der Waals surface area (Å²) in [5.74, 6) is 0.697. The molecule has 1 saturated heterocycles. The molecule has 2 rings (SSSR count). The van der Waals surface area contributed by atoms with Gasteiger partial charge in [-0.15, -0.1) is 0 Å². The van der Waals surface area contributed by atoms with Crippen LogP contribution in [0.5, 0.6) is 5.75 Å². The van der Waals surface area contributed by atoms with Crippen molar-refractivity contribution in [3.63, 3.8) is 0 Å². The summed E-state index contributed by atoms with van der Waals surface area (Å²) < 4.78 is 10.4. The predicted molar refractivity (Wildman–Crippen MR) is 77.8 cm³/mol. The molecule has 0 amide bonds. The molecule has 0 spiro atoms. The number of benzene rings is 1. The minimum atomic E-state index is -0.132. The molecule has 4 heteroatoms. The maximum Gasteiger partial charge on any atom is 0.307 e. The SMILES string of the molecule is CCOC(=O)CC(c1cccc(OC)c1)N1CCCC1. The predicted octanol–water partition coefficient (Wildman–Crippen LogP) is 2.79. The molecule has 0 saturated carbocycles. The van der Waals surface area contributed by atoms with Crippen molar-refractivity contribution in [2.45, 2.75) is 32.2 Å². The van der Waals surface area contributed by atoms with Gasteiger partial charge in [0.05, 0.1) is 20.1 Å². The van der Waals surface area contributed by atoms with Gasteiger partial charge in [-0.3, -0.25) is 9.69 Å². The van der Waals surface area contributed by atoms with E-state index in [9.17, 15) is 4.79 Å². The van der Waals surface area contributed by atoms with Crippen molar-refractivity contribution < 1.29 is 14.3 Å². The fourth-order valence-electron chi connectivity index (χ4n) is 2.74. The zero-order chi connectivity index (χ0) is 14.4. The molecule has 1 aliphatic rings. The number of carbonyl (C=O) groups is 1. The monoisotopic (exact) mass is 277 g/mol. The minimum absolute atomic E-state index is 0.0895. The molecule has 1 heterocycles. The normalized spacial score (nSPS) is 16.9. The molecule has 110 valence electrons. The first kappa shape index (κ1) is 14.9. The Balaban J connectivity index is 2.17. The third-order valence-corrected chi connectivity index (χ3v) is 3.73. The number of ether oxygens (including phenoxy) is 2. The molecule has 1 aromatic carbocycles. The Kier molecular flexibility index (Phi) is 5.41. The van der Waals surface area contributed by atoms with E-state index >= 15 is 0 Å². The van der Waals surface area contributed by atoms with Gasteiger partial charge in [0.25, 0.3) is 0 Å². The number of nitrogens with zero attached hydrogens (tertiary/aromatic N) is 1. The van der Waals surface area contributed by atoms with Crippen molar-refractivity contribution >= 4 is 5.97 Å². The van der Waals surface area contributed by atoms with Crippen molar-refractivity contribution in [1.82, 2.24) is 4.90 Å². The molecule has 0 aromatic heterocycles. The van der Waals surface area contributed by atoms with E-state index in [4.69, 9.17) is 9.47 Å². The Bertz CT molecular complexity index is 441. The van der Waals surface area contributed by atoms with Crippen LogP contribution in [-0.4, -0.2) is 37.7 Å². The van der Waals surface area contributed by atoms with E-state index in [-0.39, 0.29) is 12.0 Å². The van der Waals surface area contributed by atoms with Crippen LogP contribution in [0.4, 0.5) is 0 Å². The Morgan fingerprint density at radius 2 is 2.10 bits per heavy atom. The third-order valence-electron chi connectivity index (χ3n) is 3.73. The van der Waals surface area contributed by atoms with Gasteiger partial charge in [-0.05, 0) is 50.6 Å². The summed E-state index contributed by atoms with van der Waals surface area (Å²) in [7, 11) is 1.66. The molecule has 20 heavy (non-hydrogen) atoms. The highest BCUT2D eigenvalue weighted by Crippen LogP contribution is 2.30. The lowest BCUT2D eigenvalue weighted by Crippen LogP contribution is -2.28. The van der Waals surface area contributed by atoms with Crippen molar-refractivity contribution in [3.05, 3.63) is 29.8 Å². The molecule has 1 atom stereocenters. The highest BCUT2D eigenvalue weighted by molar-refractivity contribution is 5.70. The fraction of sp³-hybridized carbons (Fsp3) is 0.562. The fourth-order valence-corrected chi connectivity index (χ4v) is 2.74. The largest absolute Gasteiger partial charge is 0.497 e. The summed E-state index contributed by atoms with van der Waals surface area (Å²) in [5.41, 5.74) is 1.12. The Labute approximate surface area is 120 Å². The van der Waals surface area contributed by atoms with Crippen molar-refractivity contribution in [3.8, 4) is 5.75 Å². The molecular weight excluding hydrogens is 254 g/mol. The molecule has 0 bridgehead atoms. The zero-order valence-electron chi connectivity index (χ0n) is 12.3. The van der Waals surface area contributed by atoms with E-state index in [1.54, 1.807) is 7.11 Å². The smallest absolute Gasteiger partial charge is 0.307 e. The quantitative estimate of drug-likeness (QED) is 0.750. The van der Waals surface area contributed by atoms with Crippen LogP contribution < -0.4 is 4.74 Å². The van der Waals surface area contributed by atoms with Crippen LogP contribution in [0.25, 0.3) is 0 Å². The van der Waals surface area contributed by atoms with Crippen LogP contribution in [0.15, 0.2) is 24.3 Å². The number of carbonyl (C=O) groups excluding carboxylic acids is 1. The van der Waals surface area contributed by atoms with Gasteiger partial charge in [-0.1, -0.05) is 12.1 Å². The van der Waals surface area contributed by atoms with E-state index < -0.39 is 0 Å². The van der Waals surface area contributed by atoms with Gasteiger partial charge in [0.15, 0.2) is 0 Å². The molecule has 1 fully saturated rings. The molecule has 1 aromatic rings. The topological polar surface area (TPSA) is 38.8 Å². The lowest BCUT2D eigenvalue weighted by molar-refractivity contribution is -0.144. The van der Waals surface area contributed by atoms with E-state index in [2.05, 4.69) is 11.0 Å². The van der Waals surface area contributed by atoms with Gasteiger partial charge < -0.3 is 9.47 Å². The molecule has 1 aliphatic heterocycles. The molecule has 0 aliphatic carbocycles. The van der Waals surface area contributed by atoms with Crippen LogP contribution in [0, 0.1) is 0 Å². The van der Waals surface area contributed by atoms with E-state index in [0.717, 1.165) is 24.4 Å². The maximum atomic E-state index is 11.9. The van der Waals surface area contributed by atoms with E-state index in [1.165, 1.54) is 12.8 Å². The number of esters is 1. The molecular formula is C16H23NO3. The van der Waals surface area contributed by atoms with E-state index in [0.29, 0.717) is 13.0 Å². The Morgan fingerprint density at radius 1 is 1.35 bits per heavy atom. The minimum Gasteiger partial charge on any atom is -0.497 e. The highest BCUT2D eigenvalue weighted by Gasteiger charge is 2.26. The summed E-state index contributed by atoms with van der Waals surface area (Å²) in [5, 5.41) is 0. The lowest BCUT2D eigenvalue weighted by atomic mass is 10.0. The number of rotatable bonds is 6. The van der Waals surface area contributed by atoms with Crippen molar-refractivity contribution in [2.75, 3.05) is 26.8 Å². The van der Waals surface area contributed by atoms with Gasteiger partial charge in [-0.25, -0.2) is 0 Å². The molecule has 4 nitrogen and oxygen atoms in total. The summed E-state index contributed by atoms with van der Waals surface area (Å²) in [6, 6.07) is 8.07. The summed E-state index contributed by atoms with van der Waals surface area (Å²) >= 11 is 0. The van der Waals surface area contributed by atoms with E-state index in [1.807, 2.05) is 25.1 Å². The van der Waals surface area contributed by atoms with Crippen molar-refractivity contribution in [2.24, 2.45) is 0 Å². The second-order valence-electron chi connectivity index (χ2n) is 5.04. The first-order valence-corrected chi connectivity index (χ1v) is 7.28. The molecule has 0 N–H and O–H groups in total. The lowest BCUT2D eigenvalue weighted by Gasteiger charge is -2.27. The van der Waals surface area contributed by atoms with Crippen LogP contribution in [-0.2, 0) is 9.53 Å². The second kappa shape index (κ2) is 7.29. The summed E-state index contributed by atoms with van der Waals surface area (Å²) in [4.78, 5) is 14.2. The van der Waals surface area contributed by atoms with Crippen LogP contribution in [0.3, 0.4) is 0 Å². The number of hydrogen-bond acceptors (Lipinski definition) is 4. The van der Waals surface area contributed by atoms with Gasteiger partial charge in [-0.2, -0.15) is 0 Å². The summed E-state index contributed by atoms with van der Waals surface area (Å²) in [6.07, 6.45) is 2.80. The maximum absolute atomic E-state index is 11.9. The molecule has 0 radical (unpaired) electrons. The first-order chi connectivity index (χ1) is 9.74. The molecule has 1 unspecified atom stereocenters. The Hall–Kier alpha value is -1.55. The average Bonchev–Trinajstić information content (AvgIpc) is 2.99.